The van der Waals surface area contributed by atoms with Gasteiger partial charge in [0.2, 0.25) is 5.91 Å². The molecule has 0 saturated carbocycles. The number of amides is 1. The minimum Gasteiger partial charge on any atom is -0.468 e. The van der Waals surface area contributed by atoms with Crippen molar-refractivity contribution in [1.82, 2.24) is 10.2 Å². The number of piperidine rings is 1. The molecule has 1 fully saturated rings. The smallest absolute Gasteiger partial charge is 0.319 e. The van der Waals surface area contributed by atoms with Crippen molar-refractivity contribution in [3.05, 3.63) is 34.9 Å². The second-order valence-electron chi connectivity index (χ2n) is 5.78. The zero-order chi connectivity index (χ0) is 17.4. The largest absolute Gasteiger partial charge is 0.468 e. The molecule has 0 unspecified atom stereocenters. The molecule has 1 aliphatic rings. The number of ether oxygens (including phenoxy) is 1. The van der Waals surface area contributed by atoms with Crippen molar-refractivity contribution in [2.75, 3.05) is 32.5 Å². The first kappa shape index (κ1) is 19.1. The zero-order valence-electron chi connectivity index (χ0n) is 13.8. The number of halogens is 1. The van der Waals surface area contributed by atoms with E-state index in [0.29, 0.717) is 12.3 Å². The van der Waals surface area contributed by atoms with Crippen LogP contribution < -0.4 is 5.32 Å². The predicted octanol–water partition coefficient (Wildman–Crippen LogP) is 2.33. The van der Waals surface area contributed by atoms with Crippen molar-refractivity contribution >= 4 is 35.2 Å². The van der Waals surface area contributed by atoms with Crippen molar-refractivity contribution in [2.24, 2.45) is 0 Å². The summed E-state index contributed by atoms with van der Waals surface area (Å²) in [5, 5.41) is 3.81. The Labute approximate surface area is 152 Å². The van der Waals surface area contributed by atoms with E-state index < -0.39 is 0 Å². The van der Waals surface area contributed by atoms with Crippen LogP contribution in [0.4, 0.5) is 0 Å². The van der Waals surface area contributed by atoms with Crippen LogP contribution in [0.3, 0.4) is 0 Å². The number of hydrogen-bond acceptors (Lipinski definition) is 5. The molecule has 0 aromatic heterocycles. The van der Waals surface area contributed by atoms with Crippen LogP contribution in [0.15, 0.2) is 24.3 Å². The summed E-state index contributed by atoms with van der Waals surface area (Å²) in [6, 6.07) is 7.87. The van der Waals surface area contributed by atoms with Gasteiger partial charge >= 0.3 is 5.97 Å². The van der Waals surface area contributed by atoms with Gasteiger partial charge in [-0.05, 0) is 24.5 Å². The number of methoxy groups -OCH3 is 1. The second-order valence-corrected chi connectivity index (χ2v) is 7.17. The average molecular weight is 371 g/mol. The molecule has 1 N–H and O–H groups in total. The predicted molar refractivity (Wildman–Crippen MR) is 97.2 cm³/mol. The quantitative estimate of drug-likeness (QED) is 0.746. The summed E-state index contributed by atoms with van der Waals surface area (Å²) in [6.07, 6.45) is 1.72. The van der Waals surface area contributed by atoms with Gasteiger partial charge in [0.05, 0.1) is 19.4 Å². The summed E-state index contributed by atoms with van der Waals surface area (Å²) in [5.41, 5.74) is 1.05. The highest BCUT2D eigenvalue weighted by atomic mass is 35.5. The van der Waals surface area contributed by atoms with Crippen LogP contribution in [0.25, 0.3) is 0 Å². The number of likely N-dealkylation sites (tertiary alicyclic amines) is 1. The summed E-state index contributed by atoms with van der Waals surface area (Å²) in [7, 11) is 1.40. The Balaban J connectivity index is 1.63. The van der Waals surface area contributed by atoms with Crippen LogP contribution in [0.1, 0.15) is 18.4 Å². The number of nitrogens with one attached hydrogen (secondary N) is 1. The minimum atomic E-state index is -0.214. The highest BCUT2D eigenvalue weighted by Gasteiger charge is 2.22. The van der Waals surface area contributed by atoms with Crippen LogP contribution in [0, 0.1) is 0 Å². The van der Waals surface area contributed by atoms with Crippen LogP contribution in [-0.2, 0) is 20.1 Å². The number of hydrogen-bond donors (Lipinski definition) is 1. The second kappa shape index (κ2) is 9.91. The van der Waals surface area contributed by atoms with Gasteiger partial charge in [0.15, 0.2) is 0 Å². The summed E-state index contributed by atoms with van der Waals surface area (Å²) in [5.74, 6) is 0.991. The van der Waals surface area contributed by atoms with E-state index >= 15 is 0 Å². The maximum absolute atomic E-state index is 12.0. The maximum atomic E-state index is 12.0. The molecule has 0 radical (unpaired) electrons. The van der Waals surface area contributed by atoms with Crippen LogP contribution >= 0.6 is 23.4 Å². The van der Waals surface area contributed by atoms with Gasteiger partial charge in [-0.1, -0.05) is 29.8 Å². The van der Waals surface area contributed by atoms with E-state index in [0.717, 1.165) is 42.3 Å². The lowest BCUT2D eigenvalue weighted by Crippen LogP contribution is -2.46. The van der Waals surface area contributed by atoms with Crippen molar-refractivity contribution < 1.29 is 14.3 Å². The molecule has 1 aromatic rings. The number of nitrogens with zero attached hydrogens (tertiary/aromatic N) is 1. The monoisotopic (exact) mass is 370 g/mol. The summed E-state index contributed by atoms with van der Waals surface area (Å²) in [4.78, 5) is 25.3. The van der Waals surface area contributed by atoms with Gasteiger partial charge in [-0.15, -0.1) is 11.8 Å². The van der Waals surface area contributed by atoms with Gasteiger partial charge in [-0.3, -0.25) is 14.5 Å². The van der Waals surface area contributed by atoms with Crippen LogP contribution in [-0.4, -0.2) is 55.3 Å². The third-order valence-corrected chi connectivity index (χ3v) is 5.33. The SMILES string of the molecule is COC(=O)CN1CCC(NC(=O)CSCc2ccccc2Cl)CC1. The lowest BCUT2D eigenvalue weighted by atomic mass is 10.1. The lowest BCUT2D eigenvalue weighted by Gasteiger charge is -2.31. The maximum Gasteiger partial charge on any atom is 0.319 e. The number of rotatable bonds is 7. The minimum absolute atomic E-state index is 0.0541. The molecule has 1 aliphatic heterocycles. The van der Waals surface area contributed by atoms with Crippen molar-refractivity contribution in [1.29, 1.82) is 0 Å². The first-order valence-electron chi connectivity index (χ1n) is 7.98. The number of carbonyl (C=O) groups is 2. The van der Waals surface area contributed by atoms with Crippen LogP contribution in [0.2, 0.25) is 5.02 Å². The van der Waals surface area contributed by atoms with Gasteiger partial charge in [-0.25, -0.2) is 0 Å². The fraction of sp³-hybridized carbons (Fsp3) is 0.529. The van der Waals surface area contributed by atoms with E-state index in [1.54, 1.807) is 11.8 Å². The summed E-state index contributed by atoms with van der Waals surface area (Å²) >= 11 is 7.66. The molecule has 132 valence electrons. The van der Waals surface area contributed by atoms with Crippen molar-refractivity contribution in [3.63, 3.8) is 0 Å². The average Bonchev–Trinajstić information content (AvgIpc) is 2.58. The van der Waals surface area contributed by atoms with Gasteiger partial charge in [0.1, 0.15) is 0 Å². The van der Waals surface area contributed by atoms with Gasteiger partial charge in [0.25, 0.3) is 0 Å². The molecular formula is C17H23ClN2O3S. The van der Waals surface area contributed by atoms with Gasteiger partial charge < -0.3 is 10.1 Å². The summed E-state index contributed by atoms with van der Waals surface area (Å²) < 4.78 is 4.67. The van der Waals surface area contributed by atoms with E-state index in [1.807, 2.05) is 24.3 Å². The topological polar surface area (TPSA) is 58.6 Å². The van der Waals surface area contributed by atoms with E-state index in [-0.39, 0.29) is 17.9 Å². The molecule has 2 rings (SSSR count). The molecule has 7 heteroatoms. The van der Waals surface area contributed by atoms with E-state index in [4.69, 9.17) is 11.6 Å². The molecule has 1 amide bonds. The Morgan fingerprint density at radius 1 is 1.33 bits per heavy atom. The number of esters is 1. The molecule has 0 bridgehead atoms. The molecule has 0 aliphatic carbocycles. The molecule has 1 saturated heterocycles. The molecular weight excluding hydrogens is 348 g/mol. The molecule has 0 atom stereocenters. The number of thioether (sulfide) groups is 1. The van der Waals surface area contributed by atoms with E-state index in [2.05, 4.69) is 15.0 Å². The Morgan fingerprint density at radius 3 is 2.71 bits per heavy atom. The Hall–Kier alpha value is -1.24. The first-order valence-corrected chi connectivity index (χ1v) is 9.51. The zero-order valence-corrected chi connectivity index (χ0v) is 15.4. The van der Waals surface area contributed by atoms with Gasteiger partial charge in [0, 0.05) is 29.9 Å². The Kier molecular flexibility index (Phi) is 7.88. The van der Waals surface area contributed by atoms with E-state index in [9.17, 15) is 9.59 Å². The molecule has 0 spiro atoms. The van der Waals surface area contributed by atoms with Crippen molar-refractivity contribution in [3.8, 4) is 0 Å². The third kappa shape index (κ3) is 6.34. The molecule has 1 heterocycles. The fourth-order valence-corrected chi connectivity index (χ4v) is 3.75. The van der Waals surface area contributed by atoms with Crippen LogP contribution in [0.5, 0.6) is 0 Å². The standard InChI is InChI=1S/C17H23ClN2O3S/c1-23-17(22)10-20-8-6-14(7-9-20)19-16(21)12-24-11-13-4-2-3-5-15(13)18/h2-5,14H,6-12H2,1H3,(H,19,21). The highest BCUT2D eigenvalue weighted by molar-refractivity contribution is 7.99. The fourth-order valence-electron chi connectivity index (χ4n) is 2.62. The normalized spacial score (nSPS) is 15.9. The Morgan fingerprint density at radius 2 is 2.04 bits per heavy atom. The molecule has 1 aromatic carbocycles. The Bertz CT molecular complexity index is 563. The molecule has 5 nitrogen and oxygen atoms in total. The third-order valence-electron chi connectivity index (χ3n) is 3.98. The number of benzene rings is 1. The van der Waals surface area contributed by atoms with Gasteiger partial charge in [-0.2, -0.15) is 0 Å². The van der Waals surface area contributed by atoms with Crippen molar-refractivity contribution in [2.45, 2.75) is 24.6 Å². The molecule has 24 heavy (non-hydrogen) atoms. The highest BCUT2D eigenvalue weighted by Crippen LogP contribution is 2.20. The number of carbonyl (C=O) groups excluding carboxylic acids is 2. The lowest BCUT2D eigenvalue weighted by molar-refractivity contribution is -0.142. The van der Waals surface area contributed by atoms with E-state index in [1.165, 1.54) is 7.11 Å². The first-order chi connectivity index (χ1) is 11.6. The summed E-state index contributed by atoms with van der Waals surface area (Å²) in [6.45, 7) is 1.92.